The van der Waals surface area contributed by atoms with Crippen LogP contribution < -0.4 is 10.1 Å². The van der Waals surface area contributed by atoms with Gasteiger partial charge in [0.05, 0.1) is 18.6 Å². The SMILES string of the molecule is COc1cccc(-c2nc(C[S@](=O)CC(=O)NC(C)C)c(C)o2)c1. The Morgan fingerprint density at radius 3 is 2.83 bits per heavy atom. The van der Waals surface area contributed by atoms with Crippen molar-refractivity contribution in [3.63, 3.8) is 0 Å². The van der Waals surface area contributed by atoms with Crippen LogP contribution in [-0.4, -0.2) is 34.0 Å². The molecule has 0 fully saturated rings. The van der Waals surface area contributed by atoms with Crippen LogP contribution >= 0.6 is 0 Å². The molecule has 7 heteroatoms. The third-order valence-electron chi connectivity index (χ3n) is 3.25. The fourth-order valence-electron chi connectivity index (χ4n) is 2.15. The lowest BCUT2D eigenvalue weighted by atomic mass is 10.2. The fraction of sp³-hybridized carbons (Fsp3) is 0.412. The molecule has 130 valence electrons. The average Bonchev–Trinajstić information content (AvgIpc) is 2.87. The molecule has 0 aliphatic rings. The minimum Gasteiger partial charge on any atom is -0.497 e. The number of ether oxygens (including phenoxy) is 1. The number of carbonyl (C=O) groups is 1. The largest absolute Gasteiger partial charge is 0.497 e. The van der Waals surface area contributed by atoms with Gasteiger partial charge in [-0.3, -0.25) is 9.00 Å². The second-order valence-electron chi connectivity index (χ2n) is 5.70. The van der Waals surface area contributed by atoms with Gasteiger partial charge >= 0.3 is 0 Å². The van der Waals surface area contributed by atoms with E-state index in [9.17, 15) is 9.00 Å². The molecule has 6 nitrogen and oxygen atoms in total. The van der Waals surface area contributed by atoms with Gasteiger partial charge in [-0.2, -0.15) is 0 Å². The number of hydrogen-bond donors (Lipinski definition) is 1. The summed E-state index contributed by atoms with van der Waals surface area (Å²) in [5.41, 5.74) is 1.38. The van der Waals surface area contributed by atoms with Gasteiger partial charge in [0.2, 0.25) is 11.8 Å². The van der Waals surface area contributed by atoms with Gasteiger partial charge in [-0.05, 0) is 39.0 Å². The number of nitrogens with one attached hydrogen (secondary N) is 1. The van der Waals surface area contributed by atoms with Gasteiger partial charge < -0.3 is 14.5 Å². The summed E-state index contributed by atoms with van der Waals surface area (Å²) in [6.07, 6.45) is 0. The number of methoxy groups -OCH3 is 1. The molecule has 1 amide bonds. The summed E-state index contributed by atoms with van der Waals surface area (Å²) in [6.45, 7) is 5.50. The van der Waals surface area contributed by atoms with Crippen LogP contribution in [0.5, 0.6) is 5.75 Å². The van der Waals surface area contributed by atoms with Gasteiger partial charge in [-0.25, -0.2) is 4.98 Å². The van der Waals surface area contributed by atoms with Crippen LogP contribution in [0.4, 0.5) is 0 Å². The quantitative estimate of drug-likeness (QED) is 0.829. The van der Waals surface area contributed by atoms with Crippen LogP contribution in [0.3, 0.4) is 0 Å². The first-order chi connectivity index (χ1) is 11.4. The van der Waals surface area contributed by atoms with E-state index < -0.39 is 10.8 Å². The van der Waals surface area contributed by atoms with Crippen LogP contribution in [-0.2, 0) is 21.3 Å². The Labute approximate surface area is 144 Å². The number of amides is 1. The molecular weight excluding hydrogens is 328 g/mol. The average molecular weight is 350 g/mol. The first-order valence-corrected chi connectivity index (χ1v) is 9.13. The highest BCUT2D eigenvalue weighted by molar-refractivity contribution is 7.84. The summed E-state index contributed by atoms with van der Waals surface area (Å²) < 4.78 is 23.0. The van der Waals surface area contributed by atoms with Crippen molar-refractivity contribution in [2.45, 2.75) is 32.6 Å². The van der Waals surface area contributed by atoms with Crippen molar-refractivity contribution in [1.29, 1.82) is 0 Å². The summed E-state index contributed by atoms with van der Waals surface area (Å²) in [7, 11) is 0.258. The second kappa shape index (κ2) is 8.10. The van der Waals surface area contributed by atoms with Crippen molar-refractivity contribution in [2.24, 2.45) is 0 Å². The molecule has 0 aliphatic carbocycles. The van der Waals surface area contributed by atoms with Crippen LogP contribution in [0.2, 0.25) is 0 Å². The highest BCUT2D eigenvalue weighted by atomic mass is 32.2. The van der Waals surface area contributed by atoms with Crippen LogP contribution in [0, 0.1) is 6.92 Å². The van der Waals surface area contributed by atoms with E-state index >= 15 is 0 Å². The summed E-state index contributed by atoms with van der Waals surface area (Å²) in [6, 6.07) is 7.40. The predicted molar refractivity (Wildman–Crippen MR) is 93.2 cm³/mol. The van der Waals surface area contributed by atoms with Gasteiger partial charge in [0.25, 0.3) is 0 Å². The van der Waals surface area contributed by atoms with E-state index in [0.29, 0.717) is 23.1 Å². The molecule has 1 aromatic carbocycles. The molecule has 2 rings (SSSR count). The number of aromatic nitrogens is 1. The lowest BCUT2D eigenvalue weighted by Gasteiger charge is -2.07. The van der Waals surface area contributed by atoms with E-state index in [0.717, 1.165) is 5.56 Å². The number of benzene rings is 1. The number of carbonyl (C=O) groups excluding carboxylic acids is 1. The Balaban J connectivity index is 2.08. The van der Waals surface area contributed by atoms with Gasteiger partial charge in [-0.15, -0.1) is 0 Å². The van der Waals surface area contributed by atoms with E-state index in [1.807, 2.05) is 38.1 Å². The van der Waals surface area contributed by atoms with E-state index in [4.69, 9.17) is 9.15 Å². The fourth-order valence-corrected chi connectivity index (χ4v) is 3.21. The van der Waals surface area contributed by atoms with Crippen LogP contribution in [0.25, 0.3) is 11.5 Å². The molecule has 1 heterocycles. The van der Waals surface area contributed by atoms with Crippen LogP contribution in [0.1, 0.15) is 25.3 Å². The lowest BCUT2D eigenvalue weighted by Crippen LogP contribution is -2.34. The van der Waals surface area contributed by atoms with Gasteiger partial charge in [-0.1, -0.05) is 6.07 Å². The minimum atomic E-state index is -1.34. The Hall–Kier alpha value is -2.15. The van der Waals surface area contributed by atoms with Gasteiger partial charge in [0, 0.05) is 22.4 Å². The molecule has 0 saturated carbocycles. The van der Waals surface area contributed by atoms with Crippen LogP contribution in [0.15, 0.2) is 28.7 Å². The van der Waals surface area contributed by atoms with Crippen molar-refractivity contribution < 1.29 is 18.2 Å². The molecule has 2 aromatic rings. The highest BCUT2D eigenvalue weighted by Crippen LogP contribution is 2.25. The normalized spacial score (nSPS) is 12.2. The molecule has 24 heavy (non-hydrogen) atoms. The number of rotatable bonds is 7. The molecular formula is C17H22N2O4S. The Bertz CT molecular complexity index is 740. The highest BCUT2D eigenvalue weighted by Gasteiger charge is 2.16. The van der Waals surface area contributed by atoms with E-state index in [1.165, 1.54) is 0 Å². The monoisotopic (exact) mass is 350 g/mol. The number of hydrogen-bond acceptors (Lipinski definition) is 5. The zero-order valence-electron chi connectivity index (χ0n) is 14.3. The topological polar surface area (TPSA) is 81.4 Å². The van der Waals surface area contributed by atoms with Crippen molar-refractivity contribution in [3.05, 3.63) is 35.7 Å². The Morgan fingerprint density at radius 2 is 2.17 bits per heavy atom. The zero-order chi connectivity index (χ0) is 17.7. The van der Waals surface area contributed by atoms with E-state index in [-0.39, 0.29) is 23.5 Å². The molecule has 0 bridgehead atoms. The molecule has 1 aromatic heterocycles. The van der Waals surface area contributed by atoms with Crippen molar-refractivity contribution in [3.8, 4) is 17.2 Å². The number of oxazole rings is 1. The summed E-state index contributed by atoms with van der Waals surface area (Å²) in [5, 5.41) is 2.73. The van der Waals surface area contributed by atoms with Crippen molar-refractivity contribution in [2.75, 3.05) is 12.9 Å². The summed E-state index contributed by atoms with van der Waals surface area (Å²) in [5.74, 6) is 1.68. The zero-order valence-corrected chi connectivity index (χ0v) is 15.1. The maximum absolute atomic E-state index is 12.2. The Morgan fingerprint density at radius 1 is 1.42 bits per heavy atom. The first kappa shape index (κ1) is 18.2. The molecule has 0 spiro atoms. The standard InChI is InChI=1S/C17H22N2O4S/c1-11(2)18-16(20)10-24(21)9-15-12(3)23-17(19-15)13-6-5-7-14(8-13)22-4/h5-8,11H,9-10H2,1-4H3,(H,18,20)/t24-/m0/s1. The molecule has 0 saturated heterocycles. The molecule has 0 unspecified atom stereocenters. The van der Waals surface area contributed by atoms with Gasteiger partial charge in [0.15, 0.2) is 0 Å². The Kier molecular flexibility index (Phi) is 6.14. The maximum Gasteiger partial charge on any atom is 0.232 e. The summed E-state index contributed by atoms with van der Waals surface area (Å²) >= 11 is 0. The molecule has 1 atom stereocenters. The second-order valence-corrected chi connectivity index (χ2v) is 7.16. The smallest absolute Gasteiger partial charge is 0.232 e. The minimum absolute atomic E-state index is 0.0305. The first-order valence-electron chi connectivity index (χ1n) is 7.64. The molecule has 1 N–H and O–H groups in total. The summed E-state index contributed by atoms with van der Waals surface area (Å²) in [4.78, 5) is 16.1. The molecule has 0 radical (unpaired) electrons. The van der Waals surface area contributed by atoms with Crippen molar-refractivity contribution in [1.82, 2.24) is 10.3 Å². The maximum atomic E-state index is 12.2. The molecule has 0 aliphatic heterocycles. The van der Waals surface area contributed by atoms with E-state index in [2.05, 4.69) is 10.3 Å². The van der Waals surface area contributed by atoms with E-state index in [1.54, 1.807) is 14.0 Å². The number of aryl methyl sites for hydroxylation is 1. The van der Waals surface area contributed by atoms with Crippen molar-refractivity contribution >= 4 is 16.7 Å². The third kappa shape index (κ3) is 4.92. The lowest BCUT2D eigenvalue weighted by molar-refractivity contribution is -0.119. The van der Waals surface area contributed by atoms with Gasteiger partial charge in [0.1, 0.15) is 17.3 Å². The predicted octanol–water partition coefficient (Wildman–Crippen LogP) is 2.43. The third-order valence-corrected chi connectivity index (χ3v) is 4.43. The number of nitrogens with zero attached hydrogens (tertiary/aromatic N) is 1.